The van der Waals surface area contributed by atoms with Gasteiger partial charge in [-0.3, -0.25) is 9.69 Å². The molecule has 0 radical (unpaired) electrons. The first-order chi connectivity index (χ1) is 12.1. The molecule has 1 aromatic carbocycles. The lowest BCUT2D eigenvalue weighted by Gasteiger charge is -2.19. The van der Waals surface area contributed by atoms with Crippen molar-refractivity contribution in [3.63, 3.8) is 0 Å². The minimum absolute atomic E-state index is 0.195. The average Bonchev–Trinajstić information content (AvgIpc) is 3.06. The fourth-order valence-electron chi connectivity index (χ4n) is 2.35. The van der Waals surface area contributed by atoms with Crippen LogP contribution in [-0.2, 0) is 6.54 Å². The number of hydrazone groups is 1. The third kappa shape index (κ3) is 5.44. The van der Waals surface area contributed by atoms with Gasteiger partial charge in [0.25, 0.3) is 0 Å². The molecule has 1 amide bonds. The Labute approximate surface area is 156 Å². The van der Waals surface area contributed by atoms with Crippen LogP contribution in [0.4, 0.5) is 0 Å². The number of hydrogen-bond donors (Lipinski definition) is 1. The SMILES string of the molecule is CCN(CC)Cc1cc(/C=N/NC(=O)c2ccc(Br)o2)ccc1OC. The summed E-state index contributed by atoms with van der Waals surface area (Å²) in [6.45, 7) is 6.98. The zero-order chi connectivity index (χ0) is 18.2. The molecule has 6 nitrogen and oxygen atoms in total. The first-order valence-corrected chi connectivity index (χ1v) is 8.84. The van der Waals surface area contributed by atoms with E-state index in [9.17, 15) is 4.79 Å². The van der Waals surface area contributed by atoms with Gasteiger partial charge in [0, 0.05) is 12.1 Å². The molecule has 0 aliphatic carbocycles. The molecule has 2 rings (SSSR count). The molecule has 0 saturated carbocycles. The van der Waals surface area contributed by atoms with Crippen molar-refractivity contribution in [1.82, 2.24) is 10.3 Å². The highest BCUT2D eigenvalue weighted by atomic mass is 79.9. The van der Waals surface area contributed by atoms with E-state index in [1.165, 1.54) is 0 Å². The summed E-state index contributed by atoms with van der Waals surface area (Å²) in [7, 11) is 1.66. The van der Waals surface area contributed by atoms with E-state index in [0.717, 1.165) is 36.5 Å². The number of methoxy groups -OCH3 is 1. The van der Waals surface area contributed by atoms with Crippen LogP contribution in [0.15, 0.2) is 44.5 Å². The molecular formula is C18H22BrN3O3. The fraction of sp³-hybridized carbons (Fsp3) is 0.333. The molecule has 0 bridgehead atoms. The van der Waals surface area contributed by atoms with Gasteiger partial charge in [-0.05, 0) is 64.9 Å². The second-order valence-corrected chi connectivity index (χ2v) is 6.12. The second-order valence-electron chi connectivity index (χ2n) is 5.34. The molecule has 0 unspecified atom stereocenters. The van der Waals surface area contributed by atoms with Crippen LogP contribution in [-0.4, -0.2) is 37.2 Å². The number of benzene rings is 1. The third-order valence-corrected chi connectivity index (χ3v) is 4.20. The van der Waals surface area contributed by atoms with Crippen LogP contribution in [0.3, 0.4) is 0 Å². The van der Waals surface area contributed by atoms with Gasteiger partial charge in [-0.15, -0.1) is 0 Å². The van der Waals surface area contributed by atoms with Gasteiger partial charge in [-0.2, -0.15) is 5.10 Å². The summed E-state index contributed by atoms with van der Waals surface area (Å²) in [5, 5.41) is 3.99. The zero-order valence-corrected chi connectivity index (χ0v) is 16.2. The van der Waals surface area contributed by atoms with Gasteiger partial charge in [0.15, 0.2) is 10.4 Å². The lowest BCUT2D eigenvalue weighted by atomic mass is 10.1. The van der Waals surface area contributed by atoms with Crippen LogP contribution in [0, 0.1) is 0 Å². The second kappa shape index (κ2) is 9.39. The number of rotatable bonds is 8. The summed E-state index contributed by atoms with van der Waals surface area (Å²) in [6, 6.07) is 9.04. The molecule has 1 aromatic heterocycles. The number of halogens is 1. The quantitative estimate of drug-likeness (QED) is 0.535. The number of furan rings is 1. The van der Waals surface area contributed by atoms with E-state index in [-0.39, 0.29) is 5.76 Å². The fourth-order valence-corrected chi connectivity index (χ4v) is 2.65. The molecule has 1 heterocycles. The van der Waals surface area contributed by atoms with E-state index in [1.807, 2.05) is 18.2 Å². The molecule has 7 heteroatoms. The Morgan fingerprint density at radius 1 is 1.32 bits per heavy atom. The Balaban J connectivity index is 2.07. The van der Waals surface area contributed by atoms with Crippen molar-refractivity contribution in [3.8, 4) is 5.75 Å². The van der Waals surface area contributed by atoms with Gasteiger partial charge in [0.05, 0.1) is 13.3 Å². The normalized spacial score (nSPS) is 11.2. The summed E-state index contributed by atoms with van der Waals surface area (Å²) >= 11 is 3.16. The Morgan fingerprint density at radius 2 is 2.08 bits per heavy atom. The van der Waals surface area contributed by atoms with Crippen LogP contribution < -0.4 is 10.2 Å². The average molecular weight is 408 g/mol. The summed E-state index contributed by atoms with van der Waals surface area (Å²) in [4.78, 5) is 14.2. The smallest absolute Gasteiger partial charge is 0.307 e. The molecule has 0 aliphatic heterocycles. The van der Waals surface area contributed by atoms with Gasteiger partial charge in [-0.25, -0.2) is 5.43 Å². The van der Waals surface area contributed by atoms with Crippen molar-refractivity contribution in [2.24, 2.45) is 5.10 Å². The molecular weight excluding hydrogens is 386 g/mol. The Hall–Kier alpha value is -2.12. The maximum absolute atomic E-state index is 11.9. The van der Waals surface area contributed by atoms with Crippen LogP contribution in [0.5, 0.6) is 5.75 Å². The first kappa shape index (κ1) is 19.2. The van der Waals surface area contributed by atoms with E-state index in [2.05, 4.69) is 45.2 Å². The molecule has 2 aromatic rings. The van der Waals surface area contributed by atoms with Gasteiger partial charge < -0.3 is 9.15 Å². The Bertz CT molecular complexity index is 739. The molecule has 0 atom stereocenters. The number of nitrogens with one attached hydrogen (secondary N) is 1. The van der Waals surface area contributed by atoms with Crippen molar-refractivity contribution in [2.45, 2.75) is 20.4 Å². The number of ether oxygens (including phenoxy) is 1. The van der Waals surface area contributed by atoms with Gasteiger partial charge in [0.2, 0.25) is 0 Å². The van der Waals surface area contributed by atoms with Gasteiger partial charge in [0.1, 0.15) is 5.75 Å². The number of hydrogen-bond acceptors (Lipinski definition) is 5. The number of carbonyl (C=O) groups excluding carboxylic acids is 1. The molecule has 25 heavy (non-hydrogen) atoms. The van der Waals surface area contributed by atoms with Crippen molar-refractivity contribution < 1.29 is 13.9 Å². The maximum Gasteiger partial charge on any atom is 0.307 e. The standard InChI is InChI=1S/C18H22BrN3O3/c1-4-22(5-2)12-14-10-13(6-7-15(14)24-3)11-20-21-18(23)16-8-9-17(19)25-16/h6-11H,4-5,12H2,1-3H3,(H,21,23)/b20-11+. The molecule has 0 fully saturated rings. The molecule has 0 saturated heterocycles. The van der Waals surface area contributed by atoms with Crippen LogP contribution in [0.1, 0.15) is 35.5 Å². The number of amides is 1. The van der Waals surface area contributed by atoms with Crippen LogP contribution >= 0.6 is 15.9 Å². The lowest BCUT2D eigenvalue weighted by molar-refractivity contribution is 0.0926. The molecule has 0 aliphatic rings. The highest BCUT2D eigenvalue weighted by Gasteiger charge is 2.10. The Kier molecular flexibility index (Phi) is 7.21. The van der Waals surface area contributed by atoms with Gasteiger partial charge >= 0.3 is 5.91 Å². The summed E-state index contributed by atoms with van der Waals surface area (Å²) in [5.74, 6) is 0.633. The Morgan fingerprint density at radius 3 is 2.68 bits per heavy atom. The lowest BCUT2D eigenvalue weighted by Crippen LogP contribution is -2.22. The van der Waals surface area contributed by atoms with Crippen LogP contribution in [0.2, 0.25) is 0 Å². The molecule has 134 valence electrons. The predicted octanol–water partition coefficient (Wildman–Crippen LogP) is 3.66. The minimum Gasteiger partial charge on any atom is -0.496 e. The van der Waals surface area contributed by atoms with Gasteiger partial charge in [-0.1, -0.05) is 13.8 Å². The summed E-state index contributed by atoms with van der Waals surface area (Å²) in [6.07, 6.45) is 1.60. The highest BCUT2D eigenvalue weighted by molar-refractivity contribution is 9.10. The predicted molar refractivity (Wildman–Crippen MR) is 101 cm³/mol. The van der Waals surface area contributed by atoms with E-state index in [0.29, 0.717) is 4.67 Å². The monoisotopic (exact) mass is 407 g/mol. The minimum atomic E-state index is -0.404. The third-order valence-electron chi connectivity index (χ3n) is 3.77. The zero-order valence-electron chi connectivity index (χ0n) is 14.6. The van der Waals surface area contributed by atoms with E-state index >= 15 is 0 Å². The maximum atomic E-state index is 11.9. The molecule has 0 spiro atoms. The first-order valence-electron chi connectivity index (χ1n) is 8.05. The summed E-state index contributed by atoms with van der Waals surface area (Å²) in [5.41, 5.74) is 4.40. The van der Waals surface area contributed by atoms with Crippen molar-refractivity contribution >= 4 is 28.1 Å². The molecule has 1 N–H and O–H groups in total. The van der Waals surface area contributed by atoms with E-state index in [1.54, 1.807) is 25.5 Å². The number of carbonyl (C=O) groups is 1. The number of nitrogens with zero attached hydrogens (tertiary/aromatic N) is 2. The largest absolute Gasteiger partial charge is 0.496 e. The summed E-state index contributed by atoms with van der Waals surface area (Å²) < 4.78 is 11.1. The van der Waals surface area contributed by atoms with Crippen molar-refractivity contribution in [3.05, 3.63) is 51.9 Å². The van der Waals surface area contributed by atoms with E-state index in [4.69, 9.17) is 9.15 Å². The topological polar surface area (TPSA) is 67.1 Å². The highest BCUT2D eigenvalue weighted by Crippen LogP contribution is 2.21. The van der Waals surface area contributed by atoms with Crippen molar-refractivity contribution in [1.29, 1.82) is 0 Å². The van der Waals surface area contributed by atoms with E-state index < -0.39 is 5.91 Å². The van der Waals surface area contributed by atoms with Crippen LogP contribution in [0.25, 0.3) is 0 Å². The van der Waals surface area contributed by atoms with Crippen molar-refractivity contribution in [2.75, 3.05) is 20.2 Å².